The number of carbonyl (C=O) groups excluding carboxylic acids is 1. The highest BCUT2D eigenvalue weighted by molar-refractivity contribution is 5.92. The van der Waals surface area contributed by atoms with Crippen LogP contribution in [0.2, 0.25) is 0 Å². The third kappa shape index (κ3) is 4.44. The Balaban J connectivity index is 1.96. The number of nitrogens with zero attached hydrogens (tertiary/aromatic N) is 2. The van der Waals surface area contributed by atoms with Crippen LogP contribution in [0.25, 0.3) is 6.08 Å². The molecule has 1 aromatic heterocycles. The number of aliphatic carboxylic acids is 1. The number of aryl methyl sites for hydroxylation is 1. The Labute approximate surface area is 123 Å². The average molecular weight is 291 g/mol. The number of hydrogen-bond acceptors (Lipinski definition) is 3. The fraction of sp³-hybridized carbons (Fsp3) is 0.533. The summed E-state index contributed by atoms with van der Waals surface area (Å²) >= 11 is 0. The maximum Gasteiger partial charge on any atom is 0.308 e. The van der Waals surface area contributed by atoms with Gasteiger partial charge < -0.3 is 10.4 Å². The summed E-state index contributed by atoms with van der Waals surface area (Å²) in [5.41, 5.74) is 0.836. The van der Waals surface area contributed by atoms with Gasteiger partial charge in [-0.1, -0.05) is 19.3 Å². The van der Waals surface area contributed by atoms with Gasteiger partial charge in [0.2, 0.25) is 5.91 Å². The van der Waals surface area contributed by atoms with Crippen LogP contribution < -0.4 is 5.32 Å². The van der Waals surface area contributed by atoms with E-state index in [9.17, 15) is 14.7 Å². The Morgan fingerprint density at radius 1 is 1.38 bits per heavy atom. The van der Waals surface area contributed by atoms with Crippen LogP contribution in [0.15, 0.2) is 18.5 Å². The number of aromatic nitrogens is 2. The van der Waals surface area contributed by atoms with Crippen LogP contribution >= 0.6 is 0 Å². The maximum absolute atomic E-state index is 12.0. The van der Waals surface area contributed by atoms with Crippen molar-refractivity contribution in [1.82, 2.24) is 15.1 Å². The second kappa shape index (κ2) is 7.06. The molecule has 21 heavy (non-hydrogen) atoms. The van der Waals surface area contributed by atoms with Crippen molar-refractivity contribution in [2.45, 2.75) is 38.1 Å². The molecule has 6 nitrogen and oxygen atoms in total. The molecule has 0 bridgehead atoms. The molecule has 2 atom stereocenters. The van der Waals surface area contributed by atoms with E-state index in [4.69, 9.17) is 0 Å². The Morgan fingerprint density at radius 3 is 2.81 bits per heavy atom. The average Bonchev–Trinajstić information content (AvgIpc) is 2.70. The molecule has 1 aliphatic rings. The molecule has 1 heterocycles. The van der Waals surface area contributed by atoms with E-state index in [1.54, 1.807) is 30.2 Å². The third-order valence-corrected chi connectivity index (χ3v) is 3.81. The number of carboxylic acids is 1. The molecule has 0 radical (unpaired) electrons. The molecule has 1 aliphatic carbocycles. The first kappa shape index (κ1) is 15.3. The number of amides is 1. The Hall–Kier alpha value is -2.11. The van der Waals surface area contributed by atoms with E-state index in [-0.39, 0.29) is 11.9 Å². The molecule has 6 heteroatoms. The monoisotopic (exact) mass is 291 g/mol. The van der Waals surface area contributed by atoms with Gasteiger partial charge in [0.1, 0.15) is 0 Å². The first-order valence-electron chi connectivity index (χ1n) is 7.26. The van der Waals surface area contributed by atoms with Gasteiger partial charge in [0.05, 0.1) is 12.1 Å². The second-order valence-electron chi connectivity index (χ2n) is 5.48. The number of rotatable bonds is 4. The van der Waals surface area contributed by atoms with Crippen molar-refractivity contribution in [3.05, 3.63) is 24.0 Å². The zero-order valence-corrected chi connectivity index (χ0v) is 12.2. The van der Waals surface area contributed by atoms with E-state index in [2.05, 4.69) is 10.4 Å². The fourth-order valence-corrected chi connectivity index (χ4v) is 2.70. The van der Waals surface area contributed by atoms with Crippen LogP contribution in [0.3, 0.4) is 0 Å². The maximum atomic E-state index is 12.0. The van der Waals surface area contributed by atoms with Gasteiger partial charge in [0.15, 0.2) is 0 Å². The predicted octanol–water partition coefficient (Wildman–Crippen LogP) is 1.58. The van der Waals surface area contributed by atoms with Crippen molar-refractivity contribution >= 4 is 18.0 Å². The molecular formula is C15H21N3O3. The molecule has 114 valence electrons. The summed E-state index contributed by atoms with van der Waals surface area (Å²) < 4.78 is 1.66. The first-order chi connectivity index (χ1) is 10.1. The van der Waals surface area contributed by atoms with Crippen molar-refractivity contribution < 1.29 is 14.7 Å². The van der Waals surface area contributed by atoms with Crippen molar-refractivity contribution in [2.75, 3.05) is 0 Å². The molecular weight excluding hydrogens is 270 g/mol. The Kier molecular flexibility index (Phi) is 5.14. The quantitative estimate of drug-likeness (QED) is 0.651. The zero-order valence-electron chi connectivity index (χ0n) is 12.2. The lowest BCUT2D eigenvalue weighted by Gasteiger charge is -2.22. The molecule has 1 fully saturated rings. The highest BCUT2D eigenvalue weighted by Gasteiger charge is 2.30. The summed E-state index contributed by atoms with van der Waals surface area (Å²) in [6.45, 7) is 0. The van der Waals surface area contributed by atoms with Crippen LogP contribution in [-0.4, -0.2) is 32.8 Å². The molecule has 1 aromatic rings. The lowest BCUT2D eigenvalue weighted by atomic mass is 9.95. The third-order valence-electron chi connectivity index (χ3n) is 3.81. The van der Waals surface area contributed by atoms with E-state index >= 15 is 0 Å². The Morgan fingerprint density at radius 2 is 2.14 bits per heavy atom. The first-order valence-corrected chi connectivity index (χ1v) is 7.26. The summed E-state index contributed by atoms with van der Waals surface area (Å²) in [6, 6.07) is -0.281. The van der Waals surface area contributed by atoms with Gasteiger partial charge in [-0.05, 0) is 18.9 Å². The van der Waals surface area contributed by atoms with Gasteiger partial charge in [-0.25, -0.2) is 0 Å². The van der Waals surface area contributed by atoms with Crippen molar-refractivity contribution in [3.63, 3.8) is 0 Å². The summed E-state index contributed by atoms with van der Waals surface area (Å²) in [5, 5.41) is 16.1. The smallest absolute Gasteiger partial charge is 0.308 e. The topological polar surface area (TPSA) is 84.2 Å². The minimum Gasteiger partial charge on any atom is -0.481 e. The summed E-state index contributed by atoms with van der Waals surface area (Å²) in [6.07, 6.45) is 10.8. The van der Waals surface area contributed by atoms with Crippen LogP contribution in [0.4, 0.5) is 0 Å². The van der Waals surface area contributed by atoms with E-state index < -0.39 is 11.9 Å². The number of carbonyl (C=O) groups is 2. The standard InChI is InChI=1S/C15H21N3O3/c1-18-10-11(9-16-18)7-8-14(19)17-13-6-4-2-3-5-12(13)15(20)21/h7-10,12-13H,2-6H2,1H3,(H,17,19)(H,20,21)/b8-7+. The lowest BCUT2D eigenvalue weighted by molar-refractivity contribution is -0.143. The van der Waals surface area contributed by atoms with Crippen LogP contribution in [0, 0.1) is 5.92 Å². The second-order valence-corrected chi connectivity index (χ2v) is 5.48. The highest BCUT2D eigenvalue weighted by Crippen LogP contribution is 2.23. The van der Waals surface area contributed by atoms with Crippen LogP contribution in [0.1, 0.15) is 37.7 Å². The molecule has 1 amide bonds. The number of hydrogen-bond donors (Lipinski definition) is 2. The van der Waals surface area contributed by atoms with E-state index in [0.717, 1.165) is 31.2 Å². The van der Waals surface area contributed by atoms with Crippen LogP contribution in [-0.2, 0) is 16.6 Å². The van der Waals surface area contributed by atoms with E-state index in [1.165, 1.54) is 6.08 Å². The lowest BCUT2D eigenvalue weighted by Crippen LogP contribution is -2.42. The van der Waals surface area contributed by atoms with Gasteiger partial charge >= 0.3 is 5.97 Å². The number of nitrogens with one attached hydrogen (secondary N) is 1. The van der Waals surface area contributed by atoms with Crippen molar-refractivity contribution in [1.29, 1.82) is 0 Å². The minimum absolute atomic E-state index is 0.253. The normalized spacial score (nSPS) is 22.9. The van der Waals surface area contributed by atoms with Crippen molar-refractivity contribution in [2.24, 2.45) is 13.0 Å². The molecule has 2 unspecified atom stereocenters. The summed E-state index contributed by atoms with van der Waals surface area (Å²) in [5.74, 6) is -1.56. The van der Waals surface area contributed by atoms with E-state index in [0.29, 0.717) is 6.42 Å². The SMILES string of the molecule is Cn1cc(/C=C/C(=O)NC2CCCCCC2C(=O)O)cn1. The molecule has 2 N–H and O–H groups in total. The van der Waals surface area contributed by atoms with Crippen LogP contribution in [0.5, 0.6) is 0 Å². The Bertz CT molecular complexity index is 536. The minimum atomic E-state index is -0.821. The van der Waals surface area contributed by atoms with Gasteiger partial charge in [-0.2, -0.15) is 5.10 Å². The summed E-state index contributed by atoms with van der Waals surface area (Å²) in [7, 11) is 1.81. The molecule has 0 spiro atoms. The molecule has 0 aliphatic heterocycles. The molecule has 0 aromatic carbocycles. The van der Waals surface area contributed by atoms with Gasteiger partial charge in [-0.3, -0.25) is 14.3 Å². The number of carboxylic acid groups (broad SMARTS) is 1. The van der Waals surface area contributed by atoms with Gasteiger partial charge in [0, 0.05) is 30.9 Å². The molecule has 0 saturated heterocycles. The zero-order chi connectivity index (χ0) is 15.2. The largest absolute Gasteiger partial charge is 0.481 e. The van der Waals surface area contributed by atoms with E-state index in [1.807, 2.05) is 0 Å². The molecule has 1 saturated carbocycles. The van der Waals surface area contributed by atoms with Gasteiger partial charge in [0.25, 0.3) is 0 Å². The summed E-state index contributed by atoms with van der Waals surface area (Å²) in [4.78, 5) is 23.3. The predicted molar refractivity (Wildman–Crippen MR) is 78.4 cm³/mol. The molecule has 2 rings (SSSR count). The van der Waals surface area contributed by atoms with Gasteiger partial charge in [-0.15, -0.1) is 0 Å². The van der Waals surface area contributed by atoms with Crippen molar-refractivity contribution in [3.8, 4) is 0 Å². The highest BCUT2D eigenvalue weighted by atomic mass is 16.4. The fourth-order valence-electron chi connectivity index (χ4n) is 2.70.